The van der Waals surface area contributed by atoms with Crippen molar-refractivity contribution in [2.45, 2.75) is 49.4 Å². The molecule has 0 aliphatic carbocycles. The Morgan fingerprint density at radius 2 is 1.28 bits per heavy atom. The highest BCUT2D eigenvalue weighted by Gasteiger charge is 2.87. The smallest absolute Gasteiger partial charge is 0.384 e. The van der Waals surface area contributed by atoms with Crippen molar-refractivity contribution in [3.63, 3.8) is 0 Å². The highest BCUT2D eigenvalue weighted by molar-refractivity contribution is 5.85. The molecule has 0 aromatic heterocycles. The van der Waals surface area contributed by atoms with Crippen LogP contribution >= 0.6 is 0 Å². The minimum absolute atomic E-state index is 0.254. The molecule has 14 heteroatoms. The number of alkyl halides is 12. The van der Waals surface area contributed by atoms with Crippen molar-refractivity contribution in [3.8, 4) is 0 Å². The summed E-state index contributed by atoms with van der Waals surface area (Å²) >= 11 is 0. The number of hydrogen-bond donors (Lipinski definition) is 1. The van der Waals surface area contributed by atoms with E-state index in [9.17, 15) is 57.5 Å². The van der Waals surface area contributed by atoms with E-state index in [0.717, 1.165) is 0 Å². The van der Waals surface area contributed by atoms with Crippen molar-refractivity contribution in [2.24, 2.45) is 0 Å². The Morgan fingerprint density at radius 3 is 1.60 bits per heavy atom. The van der Waals surface area contributed by atoms with Crippen molar-refractivity contribution in [3.05, 3.63) is 11.6 Å². The van der Waals surface area contributed by atoms with E-state index >= 15 is 0 Å². The van der Waals surface area contributed by atoms with Gasteiger partial charge in [-0.2, -0.15) is 43.9 Å². The molecule has 0 aliphatic heterocycles. The summed E-state index contributed by atoms with van der Waals surface area (Å²) in [6.45, 7) is 0.550. The Bertz CT molecular complexity index is 537. The number of carboxylic acid groups (broad SMARTS) is 1. The summed E-state index contributed by atoms with van der Waals surface area (Å²) in [6, 6.07) is 0. The molecule has 0 aliphatic rings. The van der Waals surface area contributed by atoms with Crippen LogP contribution in [-0.4, -0.2) is 47.1 Å². The Kier molecular flexibility index (Phi) is 6.16. The van der Waals surface area contributed by atoms with E-state index in [4.69, 9.17) is 5.11 Å². The third-order valence-corrected chi connectivity index (χ3v) is 2.94. The SMILES string of the molecule is C/C(=C\CC(F)(F)C(F)(F)C(F)(F)C(F)(F)C(F)(F)C(F)F)C(=O)O. The van der Waals surface area contributed by atoms with Crippen molar-refractivity contribution in [1.82, 2.24) is 0 Å². The minimum atomic E-state index is -7.60. The van der Waals surface area contributed by atoms with Gasteiger partial charge in [-0.1, -0.05) is 6.08 Å². The van der Waals surface area contributed by atoms with Gasteiger partial charge in [0, 0.05) is 12.0 Å². The fourth-order valence-corrected chi connectivity index (χ4v) is 1.27. The van der Waals surface area contributed by atoms with Gasteiger partial charge < -0.3 is 5.11 Å². The first-order valence-electron chi connectivity index (χ1n) is 5.84. The summed E-state index contributed by atoms with van der Waals surface area (Å²) in [5, 5.41) is 8.29. The van der Waals surface area contributed by atoms with Crippen LogP contribution < -0.4 is 0 Å². The van der Waals surface area contributed by atoms with Crippen LogP contribution in [0, 0.1) is 0 Å². The average molecular weight is 400 g/mol. The Hall–Kier alpha value is -1.63. The number of carboxylic acids is 1. The number of aliphatic carboxylic acids is 1. The summed E-state index contributed by atoms with van der Waals surface area (Å²) in [7, 11) is 0. The van der Waals surface area contributed by atoms with Gasteiger partial charge in [-0.15, -0.1) is 0 Å². The van der Waals surface area contributed by atoms with E-state index in [1.165, 1.54) is 0 Å². The first kappa shape index (κ1) is 23.4. The zero-order chi connectivity index (χ0) is 20.6. The van der Waals surface area contributed by atoms with E-state index < -0.39 is 54.0 Å². The van der Waals surface area contributed by atoms with Crippen molar-refractivity contribution in [2.75, 3.05) is 0 Å². The lowest BCUT2D eigenvalue weighted by molar-refractivity contribution is -0.412. The summed E-state index contributed by atoms with van der Waals surface area (Å²) in [6.07, 6.45) is -8.38. The van der Waals surface area contributed by atoms with Crippen LogP contribution in [0.2, 0.25) is 0 Å². The standard InChI is InChI=1S/C11H8F12O2/c1-4(5(24)25)2-3-7(14,15)9(18,19)11(22,23)10(20,21)8(16,17)6(12)13/h2,6H,3H2,1H3,(H,24,25)/b4-2+. The molecule has 0 aromatic carbocycles. The highest BCUT2D eigenvalue weighted by Crippen LogP contribution is 2.58. The highest BCUT2D eigenvalue weighted by atomic mass is 19.4. The largest absolute Gasteiger partial charge is 0.478 e. The molecular formula is C11H8F12O2. The van der Waals surface area contributed by atoms with Gasteiger partial charge in [-0.05, 0) is 6.92 Å². The molecule has 0 heterocycles. The van der Waals surface area contributed by atoms with Crippen LogP contribution in [0.1, 0.15) is 13.3 Å². The Morgan fingerprint density at radius 1 is 0.880 bits per heavy atom. The van der Waals surface area contributed by atoms with Gasteiger partial charge in [-0.3, -0.25) is 0 Å². The van der Waals surface area contributed by atoms with Crippen LogP contribution in [0.15, 0.2) is 11.6 Å². The summed E-state index contributed by atoms with van der Waals surface area (Å²) in [5.74, 6) is -37.6. The Balaban J connectivity index is 6.03. The molecule has 0 atom stereocenters. The lowest BCUT2D eigenvalue weighted by atomic mass is 9.92. The molecule has 0 unspecified atom stereocenters. The number of rotatable bonds is 8. The van der Waals surface area contributed by atoms with Gasteiger partial charge in [0.1, 0.15) is 0 Å². The molecule has 0 radical (unpaired) electrons. The molecule has 0 aromatic rings. The van der Waals surface area contributed by atoms with Gasteiger partial charge in [-0.25, -0.2) is 13.6 Å². The van der Waals surface area contributed by atoms with Gasteiger partial charge in [0.2, 0.25) is 0 Å². The molecule has 2 nitrogen and oxygen atoms in total. The van der Waals surface area contributed by atoms with E-state index in [1.807, 2.05) is 0 Å². The van der Waals surface area contributed by atoms with Crippen molar-refractivity contribution >= 4 is 5.97 Å². The quantitative estimate of drug-likeness (QED) is 0.467. The Labute approximate surface area is 131 Å². The van der Waals surface area contributed by atoms with Gasteiger partial charge in [0.15, 0.2) is 0 Å². The predicted molar refractivity (Wildman–Crippen MR) is 56.7 cm³/mol. The molecule has 0 spiro atoms. The molecule has 0 saturated heterocycles. The first-order chi connectivity index (χ1) is 10.8. The van der Waals surface area contributed by atoms with Gasteiger partial charge in [0.05, 0.1) is 0 Å². The molecule has 0 saturated carbocycles. The monoisotopic (exact) mass is 400 g/mol. The van der Waals surface area contributed by atoms with Crippen LogP contribution in [-0.2, 0) is 4.79 Å². The summed E-state index contributed by atoms with van der Waals surface area (Å²) < 4.78 is 153. The maximum Gasteiger partial charge on any atom is 0.384 e. The number of allylic oxidation sites excluding steroid dienone is 1. The number of hydrogen-bond acceptors (Lipinski definition) is 1. The van der Waals surface area contributed by atoms with Crippen LogP contribution in [0.25, 0.3) is 0 Å². The fourth-order valence-electron chi connectivity index (χ4n) is 1.27. The molecule has 0 bridgehead atoms. The molecule has 148 valence electrons. The van der Waals surface area contributed by atoms with Gasteiger partial charge >= 0.3 is 42.0 Å². The second-order valence-electron chi connectivity index (χ2n) is 4.75. The number of carbonyl (C=O) groups is 1. The maximum absolute atomic E-state index is 13.2. The molecule has 25 heavy (non-hydrogen) atoms. The molecule has 0 amide bonds. The average Bonchev–Trinajstić information content (AvgIpc) is 2.43. The van der Waals surface area contributed by atoms with Gasteiger partial charge in [0.25, 0.3) is 0 Å². The van der Waals surface area contributed by atoms with Crippen molar-refractivity contribution < 1.29 is 62.6 Å². The lowest BCUT2D eigenvalue weighted by Gasteiger charge is -2.39. The topological polar surface area (TPSA) is 37.3 Å². The van der Waals surface area contributed by atoms with E-state index in [1.54, 1.807) is 0 Å². The lowest BCUT2D eigenvalue weighted by Crippen LogP contribution is -2.68. The predicted octanol–water partition coefficient (Wildman–Crippen LogP) is 4.85. The summed E-state index contributed by atoms with van der Waals surface area (Å²) in [4.78, 5) is 10.3. The van der Waals surface area contributed by atoms with Crippen LogP contribution in [0.3, 0.4) is 0 Å². The fraction of sp³-hybridized carbons (Fsp3) is 0.727. The van der Waals surface area contributed by atoms with Crippen molar-refractivity contribution in [1.29, 1.82) is 0 Å². The molecular weight excluding hydrogens is 392 g/mol. The van der Waals surface area contributed by atoms with E-state index in [-0.39, 0.29) is 6.08 Å². The van der Waals surface area contributed by atoms with E-state index in [2.05, 4.69) is 0 Å². The maximum atomic E-state index is 13.2. The minimum Gasteiger partial charge on any atom is -0.478 e. The van der Waals surface area contributed by atoms with Crippen LogP contribution in [0.5, 0.6) is 0 Å². The second-order valence-corrected chi connectivity index (χ2v) is 4.75. The summed E-state index contributed by atoms with van der Waals surface area (Å²) in [5.41, 5.74) is -1.08. The normalized spacial score (nSPS) is 15.7. The van der Waals surface area contributed by atoms with E-state index in [0.29, 0.717) is 6.92 Å². The van der Waals surface area contributed by atoms with Crippen LogP contribution in [0.4, 0.5) is 52.7 Å². The number of halogens is 12. The zero-order valence-corrected chi connectivity index (χ0v) is 11.8. The third-order valence-electron chi connectivity index (χ3n) is 2.94. The molecule has 0 fully saturated rings. The zero-order valence-electron chi connectivity index (χ0n) is 11.8. The molecule has 1 N–H and O–H groups in total. The third kappa shape index (κ3) is 3.66. The first-order valence-corrected chi connectivity index (χ1v) is 5.84. The molecule has 0 rings (SSSR count). The second kappa shape index (κ2) is 6.59.